The summed E-state index contributed by atoms with van der Waals surface area (Å²) in [5.41, 5.74) is 7.79. The normalized spacial score (nSPS) is 19.4. The Labute approximate surface area is 129 Å². The molecule has 22 heavy (non-hydrogen) atoms. The molecule has 1 rings (SSSR count). The lowest BCUT2D eigenvalue weighted by atomic mass is 9.90. The van der Waals surface area contributed by atoms with E-state index in [9.17, 15) is 14.4 Å². The Morgan fingerprint density at radius 2 is 2.23 bits per heavy atom. The summed E-state index contributed by atoms with van der Waals surface area (Å²) in [5.74, 6) is -1.10. The number of ether oxygens (including phenoxy) is 1. The first-order chi connectivity index (χ1) is 10.2. The molecule has 2 amide bonds. The molecule has 1 aliphatic rings. The number of rotatable bonds is 5. The van der Waals surface area contributed by atoms with E-state index in [2.05, 4.69) is 15.4 Å². The van der Waals surface area contributed by atoms with Gasteiger partial charge in [-0.25, -0.2) is 4.79 Å². The van der Waals surface area contributed by atoms with E-state index in [4.69, 9.17) is 10.3 Å². The van der Waals surface area contributed by atoms with Gasteiger partial charge in [0, 0.05) is 12.5 Å². The van der Waals surface area contributed by atoms with Gasteiger partial charge in [0.15, 0.2) is 0 Å². The van der Waals surface area contributed by atoms with Crippen molar-refractivity contribution in [3.8, 4) is 0 Å². The maximum Gasteiger partial charge on any atom is 0.408 e. The standard InChI is InChI=1S/C14H22N4O4/c1-14(2,3)22-13(21)18-10(11(19)8-17-15)7-9-5-4-6-16-12(9)20/h8-10H,4-7H2,1-3H3,(H,16,20)(H,18,21)/t9-,10-/m0/s1. The fourth-order valence-corrected chi connectivity index (χ4v) is 2.19. The molecule has 0 unspecified atom stereocenters. The molecule has 8 nitrogen and oxygen atoms in total. The van der Waals surface area contributed by atoms with E-state index < -0.39 is 23.5 Å². The maximum atomic E-state index is 11.9. The average Bonchev–Trinajstić information content (AvgIpc) is 2.38. The number of Topliss-reactive ketones (excluding diaryl/α,β-unsaturated/α-hetero) is 1. The van der Waals surface area contributed by atoms with Crippen molar-refractivity contribution in [3.63, 3.8) is 0 Å². The predicted octanol–water partition coefficient (Wildman–Crippen LogP) is 0.666. The van der Waals surface area contributed by atoms with Crippen LogP contribution in [0.4, 0.5) is 4.79 Å². The van der Waals surface area contributed by atoms with Crippen molar-refractivity contribution in [2.75, 3.05) is 6.54 Å². The molecule has 1 aliphatic heterocycles. The van der Waals surface area contributed by atoms with Crippen molar-refractivity contribution < 1.29 is 23.9 Å². The van der Waals surface area contributed by atoms with E-state index >= 15 is 0 Å². The van der Waals surface area contributed by atoms with Crippen LogP contribution in [-0.2, 0) is 14.3 Å². The minimum Gasteiger partial charge on any atom is -0.444 e. The summed E-state index contributed by atoms with van der Waals surface area (Å²) >= 11 is 0. The predicted molar refractivity (Wildman–Crippen MR) is 78.2 cm³/mol. The molecule has 8 heteroatoms. The lowest BCUT2D eigenvalue weighted by Gasteiger charge is -2.26. The number of carbonyl (C=O) groups excluding carboxylic acids is 3. The SMILES string of the molecule is CC(C)(C)OC(=O)N[C@@H](C[C@@H]1CCCNC1=O)C(=O)C=[N+]=[N-]. The zero-order chi connectivity index (χ0) is 16.8. The Bertz CT molecular complexity index is 492. The Balaban J connectivity index is 2.75. The number of alkyl carbamates (subject to hydrolysis) is 1. The van der Waals surface area contributed by atoms with Gasteiger partial charge in [0.1, 0.15) is 11.6 Å². The minimum atomic E-state index is -0.973. The van der Waals surface area contributed by atoms with Crippen LogP contribution in [0.25, 0.3) is 5.53 Å². The van der Waals surface area contributed by atoms with Crippen LogP contribution in [-0.4, -0.2) is 47.0 Å². The van der Waals surface area contributed by atoms with Crippen LogP contribution >= 0.6 is 0 Å². The second-order valence-electron chi connectivity index (χ2n) is 6.21. The maximum absolute atomic E-state index is 11.9. The van der Waals surface area contributed by atoms with Gasteiger partial charge >= 0.3 is 12.3 Å². The highest BCUT2D eigenvalue weighted by atomic mass is 16.6. The molecule has 0 aromatic carbocycles. The third-order valence-corrected chi connectivity index (χ3v) is 3.14. The van der Waals surface area contributed by atoms with E-state index in [1.165, 1.54) is 0 Å². The molecule has 1 fully saturated rings. The average molecular weight is 310 g/mol. The third-order valence-electron chi connectivity index (χ3n) is 3.14. The van der Waals surface area contributed by atoms with E-state index in [0.29, 0.717) is 19.2 Å². The second kappa shape index (κ2) is 7.70. The Kier molecular flexibility index (Phi) is 6.24. The van der Waals surface area contributed by atoms with Crippen LogP contribution in [0.1, 0.15) is 40.0 Å². The molecule has 2 atom stereocenters. The Morgan fingerprint density at radius 1 is 1.55 bits per heavy atom. The fraction of sp³-hybridized carbons (Fsp3) is 0.714. The number of hydrogen-bond acceptors (Lipinski definition) is 4. The van der Waals surface area contributed by atoms with Crippen LogP contribution in [0.15, 0.2) is 0 Å². The van der Waals surface area contributed by atoms with Crippen LogP contribution in [0.3, 0.4) is 0 Å². The summed E-state index contributed by atoms with van der Waals surface area (Å²) in [7, 11) is 0. The van der Waals surface area contributed by atoms with E-state index in [0.717, 1.165) is 6.42 Å². The van der Waals surface area contributed by atoms with Gasteiger partial charge in [-0.05, 0) is 40.0 Å². The van der Waals surface area contributed by atoms with Gasteiger partial charge in [0.05, 0.1) is 0 Å². The molecule has 0 aliphatic carbocycles. The van der Waals surface area contributed by atoms with E-state index in [1.807, 2.05) is 0 Å². The smallest absolute Gasteiger partial charge is 0.408 e. The van der Waals surface area contributed by atoms with E-state index in [-0.39, 0.29) is 18.2 Å². The largest absolute Gasteiger partial charge is 0.444 e. The number of ketones is 1. The van der Waals surface area contributed by atoms with Gasteiger partial charge in [-0.15, -0.1) is 0 Å². The number of hydrogen-bond donors (Lipinski definition) is 2. The zero-order valence-corrected chi connectivity index (χ0v) is 13.1. The number of nitrogens with one attached hydrogen (secondary N) is 2. The summed E-state index contributed by atoms with van der Waals surface area (Å²) in [4.78, 5) is 38.2. The van der Waals surface area contributed by atoms with Gasteiger partial charge in [0.25, 0.3) is 5.78 Å². The molecule has 1 heterocycles. The van der Waals surface area contributed by atoms with Crippen molar-refractivity contribution in [1.29, 1.82) is 0 Å². The van der Waals surface area contributed by atoms with Crippen molar-refractivity contribution >= 4 is 24.0 Å². The number of amides is 2. The molecule has 0 aromatic heterocycles. The van der Waals surface area contributed by atoms with Gasteiger partial charge in [-0.3, -0.25) is 9.59 Å². The summed E-state index contributed by atoms with van der Waals surface area (Å²) in [6, 6.07) is -0.973. The monoisotopic (exact) mass is 310 g/mol. The highest BCUT2D eigenvalue weighted by Gasteiger charge is 2.31. The highest BCUT2D eigenvalue weighted by Crippen LogP contribution is 2.18. The van der Waals surface area contributed by atoms with E-state index in [1.54, 1.807) is 20.8 Å². The summed E-state index contributed by atoms with van der Waals surface area (Å²) in [6.45, 7) is 5.72. The minimum absolute atomic E-state index is 0.135. The van der Waals surface area contributed by atoms with Crippen LogP contribution in [0.2, 0.25) is 0 Å². The zero-order valence-electron chi connectivity index (χ0n) is 13.1. The summed E-state index contributed by atoms with van der Waals surface area (Å²) in [5, 5.41) is 5.16. The Morgan fingerprint density at radius 3 is 2.77 bits per heavy atom. The van der Waals surface area contributed by atoms with Crippen LogP contribution in [0, 0.1) is 5.92 Å². The van der Waals surface area contributed by atoms with Crippen molar-refractivity contribution in [2.24, 2.45) is 5.92 Å². The first-order valence-electron chi connectivity index (χ1n) is 7.21. The lowest BCUT2D eigenvalue weighted by Crippen LogP contribution is -2.47. The van der Waals surface area contributed by atoms with Crippen molar-refractivity contribution in [2.45, 2.75) is 51.7 Å². The quantitative estimate of drug-likeness (QED) is 0.440. The number of piperidine rings is 1. The Hall–Kier alpha value is -2.21. The van der Waals surface area contributed by atoms with Gasteiger partial charge in [0.2, 0.25) is 5.91 Å². The lowest BCUT2D eigenvalue weighted by molar-refractivity contribution is -0.127. The van der Waals surface area contributed by atoms with Gasteiger partial charge < -0.3 is 20.9 Å². The summed E-state index contributed by atoms with van der Waals surface area (Å²) < 4.78 is 5.10. The van der Waals surface area contributed by atoms with Crippen LogP contribution < -0.4 is 10.6 Å². The number of carbonyl (C=O) groups is 3. The molecule has 0 bridgehead atoms. The topological polar surface area (TPSA) is 121 Å². The molecule has 0 spiro atoms. The van der Waals surface area contributed by atoms with Gasteiger partial charge in [-0.1, -0.05) is 0 Å². The van der Waals surface area contributed by atoms with Crippen molar-refractivity contribution in [1.82, 2.24) is 10.6 Å². The summed E-state index contributed by atoms with van der Waals surface area (Å²) in [6.07, 6.45) is 1.55. The molecule has 122 valence electrons. The van der Waals surface area contributed by atoms with Gasteiger partial charge in [-0.2, -0.15) is 4.79 Å². The molecular weight excluding hydrogens is 288 g/mol. The second-order valence-corrected chi connectivity index (χ2v) is 6.21. The molecular formula is C14H22N4O4. The molecule has 0 aromatic rings. The first-order valence-corrected chi connectivity index (χ1v) is 7.21. The van der Waals surface area contributed by atoms with Crippen LogP contribution in [0.5, 0.6) is 0 Å². The molecule has 2 N–H and O–H groups in total. The molecule has 0 saturated carbocycles. The first kappa shape index (κ1) is 17.8. The highest BCUT2D eigenvalue weighted by molar-refractivity contribution is 6.28. The van der Waals surface area contributed by atoms with Crippen molar-refractivity contribution in [3.05, 3.63) is 5.53 Å². The molecule has 1 saturated heterocycles. The number of nitrogens with zero attached hydrogens (tertiary/aromatic N) is 2. The third kappa shape index (κ3) is 6.05. The molecule has 0 radical (unpaired) electrons. The fourth-order valence-electron chi connectivity index (χ4n) is 2.19.